The summed E-state index contributed by atoms with van der Waals surface area (Å²) in [5, 5.41) is 0. The van der Waals surface area contributed by atoms with E-state index in [0.717, 1.165) is 5.92 Å². The molecule has 1 heterocycles. The van der Waals surface area contributed by atoms with Crippen molar-refractivity contribution in [2.75, 3.05) is 19.6 Å². The van der Waals surface area contributed by atoms with Gasteiger partial charge < -0.3 is 10.6 Å². The van der Waals surface area contributed by atoms with Gasteiger partial charge in [-0.15, -0.1) is 0 Å². The van der Waals surface area contributed by atoms with Gasteiger partial charge in [0.1, 0.15) is 0 Å². The molecule has 98 valence electrons. The molecule has 2 atom stereocenters. The monoisotopic (exact) mass is 244 g/mol. The summed E-state index contributed by atoms with van der Waals surface area (Å²) in [6, 6.07) is 9.62. The summed E-state index contributed by atoms with van der Waals surface area (Å²) in [4.78, 5) is 2.55. The van der Waals surface area contributed by atoms with Crippen LogP contribution in [0.4, 0.5) is 0 Å². The summed E-state index contributed by atoms with van der Waals surface area (Å²) in [6.07, 6.45) is 3.81. The number of hydrogen-bond donors (Lipinski definition) is 1. The van der Waals surface area contributed by atoms with Crippen molar-refractivity contribution in [1.82, 2.24) is 4.90 Å². The van der Waals surface area contributed by atoms with E-state index in [1.54, 1.807) is 5.56 Å². The standard InChI is InChI=1S/C16H24N2/c1-2-18-8-6-12(7-9-18)13-4-3-5-14(10-13)15-11-16(15)17/h3-5,10,12,15-16H,2,6-9,11,17H2,1H3. The molecule has 1 saturated carbocycles. The van der Waals surface area contributed by atoms with E-state index in [-0.39, 0.29) is 0 Å². The Labute approximate surface area is 110 Å². The maximum absolute atomic E-state index is 5.96. The van der Waals surface area contributed by atoms with Gasteiger partial charge in [-0.3, -0.25) is 0 Å². The lowest BCUT2D eigenvalue weighted by atomic mass is 9.88. The molecule has 0 spiro atoms. The Balaban J connectivity index is 1.69. The predicted molar refractivity (Wildman–Crippen MR) is 75.9 cm³/mol. The third-order valence-electron chi connectivity index (χ3n) is 4.68. The lowest BCUT2D eigenvalue weighted by Gasteiger charge is -2.31. The van der Waals surface area contributed by atoms with E-state index < -0.39 is 0 Å². The molecule has 1 aromatic rings. The lowest BCUT2D eigenvalue weighted by molar-refractivity contribution is 0.222. The highest BCUT2D eigenvalue weighted by Gasteiger charge is 2.35. The molecular weight excluding hydrogens is 220 g/mol. The van der Waals surface area contributed by atoms with Gasteiger partial charge in [-0.1, -0.05) is 31.2 Å². The topological polar surface area (TPSA) is 29.3 Å². The smallest absolute Gasteiger partial charge is 0.0115 e. The summed E-state index contributed by atoms with van der Waals surface area (Å²) in [6.45, 7) is 5.97. The molecule has 0 radical (unpaired) electrons. The molecule has 2 aliphatic rings. The maximum Gasteiger partial charge on any atom is 0.0115 e. The molecule has 0 amide bonds. The van der Waals surface area contributed by atoms with Crippen LogP contribution in [0, 0.1) is 0 Å². The van der Waals surface area contributed by atoms with Crippen molar-refractivity contribution in [3.8, 4) is 0 Å². The molecule has 1 aliphatic heterocycles. The van der Waals surface area contributed by atoms with E-state index in [2.05, 4.69) is 36.1 Å². The van der Waals surface area contributed by atoms with Crippen LogP contribution >= 0.6 is 0 Å². The van der Waals surface area contributed by atoms with Crippen LogP contribution in [0.5, 0.6) is 0 Å². The summed E-state index contributed by atoms with van der Waals surface area (Å²) in [5.74, 6) is 1.41. The first kappa shape index (κ1) is 12.2. The second-order valence-corrected chi connectivity index (χ2v) is 5.88. The van der Waals surface area contributed by atoms with E-state index in [4.69, 9.17) is 5.73 Å². The van der Waals surface area contributed by atoms with E-state index in [1.807, 2.05) is 0 Å². The molecule has 2 unspecified atom stereocenters. The lowest BCUT2D eigenvalue weighted by Crippen LogP contribution is -2.32. The van der Waals surface area contributed by atoms with Crippen LogP contribution in [-0.4, -0.2) is 30.6 Å². The van der Waals surface area contributed by atoms with Gasteiger partial charge in [-0.2, -0.15) is 0 Å². The van der Waals surface area contributed by atoms with E-state index in [9.17, 15) is 0 Å². The van der Waals surface area contributed by atoms with Crippen molar-refractivity contribution in [2.45, 2.75) is 44.1 Å². The predicted octanol–water partition coefficient (Wildman–Crippen LogP) is 2.70. The normalized spacial score (nSPS) is 29.4. The quantitative estimate of drug-likeness (QED) is 0.886. The van der Waals surface area contributed by atoms with Crippen molar-refractivity contribution in [2.24, 2.45) is 5.73 Å². The number of piperidine rings is 1. The number of likely N-dealkylation sites (tertiary alicyclic amines) is 1. The number of nitrogens with two attached hydrogens (primary N) is 1. The van der Waals surface area contributed by atoms with E-state index >= 15 is 0 Å². The van der Waals surface area contributed by atoms with Crippen LogP contribution in [0.2, 0.25) is 0 Å². The fourth-order valence-corrected chi connectivity index (χ4v) is 3.22. The van der Waals surface area contributed by atoms with Crippen molar-refractivity contribution >= 4 is 0 Å². The van der Waals surface area contributed by atoms with Gasteiger partial charge in [0, 0.05) is 12.0 Å². The van der Waals surface area contributed by atoms with Crippen molar-refractivity contribution in [3.63, 3.8) is 0 Å². The minimum absolute atomic E-state index is 0.419. The molecular formula is C16H24N2. The van der Waals surface area contributed by atoms with Gasteiger partial charge in [0.05, 0.1) is 0 Å². The Kier molecular flexibility index (Phi) is 3.40. The first-order valence-electron chi connectivity index (χ1n) is 7.35. The van der Waals surface area contributed by atoms with Crippen LogP contribution in [0.3, 0.4) is 0 Å². The average Bonchev–Trinajstić information content (AvgIpc) is 3.16. The van der Waals surface area contributed by atoms with E-state index in [1.165, 1.54) is 44.5 Å². The van der Waals surface area contributed by atoms with Gasteiger partial charge in [-0.05, 0) is 55.9 Å². The second kappa shape index (κ2) is 5.02. The summed E-state index contributed by atoms with van der Waals surface area (Å²) in [7, 11) is 0. The van der Waals surface area contributed by atoms with Crippen LogP contribution in [0.15, 0.2) is 24.3 Å². The van der Waals surface area contributed by atoms with Crippen molar-refractivity contribution in [3.05, 3.63) is 35.4 Å². The molecule has 2 N–H and O–H groups in total. The maximum atomic E-state index is 5.96. The van der Waals surface area contributed by atoms with Gasteiger partial charge in [-0.25, -0.2) is 0 Å². The number of benzene rings is 1. The van der Waals surface area contributed by atoms with Crippen LogP contribution in [0.25, 0.3) is 0 Å². The number of rotatable bonds is 3. The zero-order valence-electron chi connectivity index (χ0n) is 11.3. The molecule has 1 aliphatic carbocycles. The first-order valence-corrected chi connectivity index (χ1v) is 7.35. The molecule has 1 saturated heterocycles. The Morgan fingerprint density at radius 3 is 2.50 bits per heavy atom. The minimum atomic E-state index is 0.419. The fourth-order valence-electron chi connectivity index (χ4n) is 3.22. The van der Waals surface area contributed by atoms with Crippen molar-refractivity contribution < 1.29 is 0 Å². The molecule has 0 bridgehead atoms. The SMILES string of the molecule is CCN1CCC(c2cccc(C3CC3N)c2)CC1. The fraction of sp³-hybridized carbons (Fsp3) is 0.625. The third-order valence-corrected chi connectivity index (χ3v) is 4.68. The summed E-state index contributed by atoms with van der Waals surface area (Å²) in [5.41, 5.74) is 8.97. The highest BCUT2D eigenvalue weighted by atomic mass is 15.1. The number of hydrogen-bond acceptors (Lipinski definition) is 2. The molecule has 2 nitrogen and oxygen atoms in total. The molecule has 0 aromatic heterocycles. The zero-order valence-corrected chi connectivity index (χ0v) is 11.3. The Morgan fingerprint density at radius 2 is 1.89 bits per heavy atom. The van der Waals surface area contributed by atoms with Crippen LogP contribution < -0.4 is 5.73 Å². The first-order chi connectivity index (χ1) is 8.78. The molecule has 2 heteroatoms. The van der Waals surface area contributed by atoms with Gasteiger partial charge in [0.15, 0.2) is 0 Å². The summed E-state index contributed by atoms with van der Waals surface area (Å²) >= 11 is 0. The van der Waals surface area contributed by atoms with Crippen LogP contribution in [-0.2, 0) is 0 Å². The number of nitrogens with zero attached hydrogens (tertiary/aromatic N) is 1. The van der Waals surface area contributed by atoms with Gasteiger partial charge in [0.25, 0.3) is 0 Å². The third kappa shape index (κ3) is 2.45. The highest BCUT2D eigenvalue weighted by Crippen LogP contribution is 2.40. The Morgan fingerprint density at radius 1 is 1.22 bits per heavy atom. The molecule has 2 fully saturated rings. The van der Waals surface area contributed by atoms with Gasteiger partial charge >= 0.3 is 0 Å². The molecule has 18 heavy (non-hydrogen) atoms. The second-order valence-electron chi connectivity index (χ2n) is 5.88. The zero-order chi connectivity index (χ0) is 12.5. The minimum Gasteiger partial charge on any atom is -0.327 e. The average molecular weight is 244 g/mol. The Bertz CT molecular complexity index is 407. The summed E-state index contributed by atoms with van der Waals surface area (Å²) < 4.78 is 0. The van der Waals surface area contributed by atoms with Crippen LogP contribution in [0.1, 0.15) is 49.1 Å². The Hall–Kier alpha value is -0.860. The largest absolute Gasteiger partial charge is 0.327 e. The van der Waals surface area contributed by atoms with E-state index in [0.29, 0.717) is 12.0 Å². The van der Waals surface area contributed by atoms with Gasteiger partial charge in [0.2, 0.25) is 0 Å². The molecule has 1 aromatic carbocycles. The van der Waals surface area contributed by atoms with Crippen molar-refractivity contribution in [1.29, 1.82) is 0 Å². The molecule has 3 rings (SSSR count). The highest BCUT2D eigenvalue weighted by molar-refractivity contribution is 5.33.